The predicted molar refractivity (Wildman–Crippen MR) is 62.2 cm³/mol. The third-order valence-corrected chi connectivity index (χ3v) is 2.27. The van der Waals surface area contributed by atoms with Gasteiger partial charge in [-0.05, 0) is 37.6 Å². The SMILES string of the molecule is Cc1nc(Nc2ccc(F)c(C)c2)c(N)[nH]1. The van der Waals surface area contributed by atoms with Crippen LogP contribution in [0.25, 0.3) is 0 Å². The van der Waals surface area contributed by atoms with Crippen molar-refractivity contribution in [2.24, 2.45) is 0 Å². The smallest absolute Gasteiger partial charge is 0.173 e. The number of hydrogen-bond donors (Lipinski definition) is 3. The van der Waals surface area contributed by atoms with Crippen LogP contribution in [0.2, 0.25) is 0 Å². The van der Waals surface area contributed by atoms with Crippen LogP contribution >= 0.6 is 0 Å². The minimum absolute atomic E-state index is 0.225. The van der Waals surface area contributed by atoms with Crippen LogP contribution in [0.3, 0.4) is 0 Å². The van der Waals surface area contributed by atoms with Crippen LogP contribution in [0.15, 0.2) is 18.2 Å². The number of nitrogens with one attached hydrogen (secondary N) is 2. The minimum atomic E-state index is -0.225. The zero-order valence-electron chi connectivity index (χ0n) is 9.13. The van der Waals surface area contributed by atoms with E-state index in [1.807, 2.05) is 6.92 Å². The number of nitrogen functional groups attached to an aromatic ring is 1. The molecular weight excluding hydrogens is 207 g/mol. The average molecular weight is 220 g/mol. The minimum Gasteiger partial charge on any atom is -0.382 e. The molecule has 5 heteroatoms. The summed E-state index contributed by atoms with van der Waals surface area (Å²) < 4.78 is 13.0. The van der Waals surface area contributed by atoms with Gasteiger partial charge in [-0.1, -0.05) is 0 Å². The van der Waals surface area contributed by atoms with E-state index >= 15 is 0 Å². The highest BCUT2D eigenvalue weighted by atomic mass is 19.1. The number of hydrogen-bond acceptors (Lipinski definition) is 3. The van der Waals surface area contributed by atoms with E-state index in [2.05, 4.69) is 15.3 Å². The fourth-order valence-corrected chi connectivity index (χ4v) is 1.46. The molecule has 0 saturated heterocycles. The van der Waals surface area contributed by atoms with Crippen LogP contribution in [0, 0.1) is 19.7 Å². The summed E-state index contributed by atoms with van der Waals surface area (Å²) in [5.41, 5.74) is 7.04. The molecule has 1 aromatic heterocycles. The van der Waals surface area contributed by atoms with Gasteiger partial charge in [0.2, 0.25) is 0 Å². The van der Waals surface area contributed by atoms with E-state index in [1.54, 1.807) is 19.1 Å². The van der Waals surface area contributed by atoms with Gasteiger partial charge in [-0.2, -0.15) is 0 Å². The normalized spacial score (nSPS) is 10.4. The number of nitrogens with two attached hydrogens (primary N) is 1. The molecule has 2 rings (SSSR count). The van der Waals surface area contributed by atoms with E-state index in [0.29, 0.717) is 17.2 Å². The highest BCUT2D eigenvalue weighted by Crippen LogP contribution is 2.21. The molecule has 16 heavy (non-hydrogen) atoms. The number of nitrogens with zero attached hydrogens (tertiary/aromatic N) is 1. The topological polar surface area (TPSA) is 66.7 Å². The fourth-order valence-electron chi connectivity index (χ4n) is 1.46. The van der Waals surface area contributed by atoms with E-state index < -0.39 is 0 Å². The molecule has 1 aromatic carbocycles. The number of aryl methyl sites for hydroxylation is 2. The maximum Gasteiger partial charge on any atom is 0.173 e. The van der Waals surface area contributed by atoms with Crippen LogP contribution in [0.1, 0.15) is 11.4 Å². The van der Waals surface area contributed by atoms with E-state index in [0.717, 1.165) is 11.5 Å². The molecule has 0 saturated carbocycles. The second-order valence-corrected chi connectivity index (χ2v) is 3.67. The maximum absolute atomic E-state index is 13.0. The van der Waals surface area contributed by atoms with Gasteiger partial charge in [0.15, 0.2) is 5.82 Å². The van der Waals surface area contributed by atoms with Gasteiger partial charge in [-0.15, -0.1) is 0 Å². The number of imidazole rings is 1. The molecule has 0 aliphatic rings. The number of rotatable bonds is 2. The van der Waals surface area contributed by atoms with Crippen molar-refractivity contribution in [2.45, 2.75) is 13.8 Å². The fraction of sp³-hybridized carbons (Fsp3) is 0.182. The van der Waals surface area contributed by atoms with Crippen LogP contribution in [0.5, 0.6) is 0 Å². The molecule has 0 amide bonds. The summed E-state index contributed by atoms with van der Waals surface area (Å²) in [7, 11) is 0. The van der Waals surface area contributed by atoms with Gasteiger partial charge in [-0.3, -0.25) is 0 Å². The van der Waals surface area contributed by atoms with Crippen molar-refractivity contribution in [2.75, 3.05) is 11.1 Å². The Morgan fingerprint density at radius 3 is 2.69 bits per heavy atom. The Bertz CT molecular complexity index is 519. The van der Waals surface area contributed by atoms with Crippen molar-refractivity contribution in [3.8, 4) is 0 Å². The molecule has 0 unspecified atom stereocenters. The molecular formula is C11H13FN4. The molecule has 4 nitrogen and oxygen atoms in total. The van der Waals surface area contributed by atoms with Crippen molar-refractivity contribution in [3.63, 3.8) is 0 Å². The summed E-state index contributed by atoms with van der Waals surface area (Å²) in [5, 5.41) is 3.03. The summed E-state index contributed by atoms with van der Waals surface area (Å²) in [6.45, 7) is 3.52. The van der Waals surface area contributed by atoms with E-state index in [9.17, 15) is 4.39 Å². The van der Waals surface area contributed by atoms with E-state index in [1.165, 1.54) is 6.07 Å². The molecule has 0 aliphatic carbocycles. The molecule has 1 heterocycles. The number of aromatic amines is 1. The second-order valence-electron chi connectivity index (χ2n) is 3.67. The summed E-state index contributed by atoms with van der Waals surface area (Å²) in [6, 6.07) is 4.76. The Morgan fingerprint density at radius 1 is 1.38 bits per heavy atom. The van der Waals surface area contributed by atoms with Gasteiger partial charge in [0.05, 0.1) is 0 Å². The molecule has 0 atom stereocenters. The molecule has 0 radical (unpaired) electrons. The van der Waals surface area contributed by atoms with Gasteiger partial charge in [0.1, 0.15) is 17.5 Å². The van der Waals surface area contributed by atoms with E-state index in [4.69, 9.17) is 5.73 Å². The summed E-state index contributed by atoms with van der Waals surface area (Å²) in [4.78, 5) is 7.06. The van der Waals surface area contributed by atoms with Gasteiger partial charge in [-0.25, -0.2) is 9.37 Å². The number of aromatic nitrogens is 2. The zero-order chi connectivity index (χ0) is 11.7. The highest BCUT2D eigenvalue weighted by molar-refractivity contribution is 5.66. The standard InChI is InChI=1S/C11H13FN4/c1-6-5-8(3-4-9(6)12)16-11-10(13)14-7(2)15-11/h3-5,16H,13H2,1-2H3,(H,14,15). The summed E-state index contributed by atoms with van der Waals surface area (Å²) in [6.07, 6.45) is 0. The van der Waals surface area contributed by atoms with Gasteiger partial charge < -0.3 is 16.0 Å². The molecule has 84 valence electrons. The summed E-state index contributed by atoms with van der Waals surface area (Å²) in [5.74, 6) is 1.54. The van der Waals surface area contributed by atoms with Crippen molar-refractivity contribution in [3.05, 3.63) is 35.4 Å². The lowest BCUT2D eigenvalue weighted by atomic mass is 10.2. The van der Waals surface area contributed by atoms with Crippen LogP contribution in [-0.4, -0.2) is 9.97 Å². The Morgan fingerprint density at radius 2 is 2.12 bits per heavy atom. The average Bonchev–Trinajstić information content (AvgIpc) is 2.51. The lowest BCUT2D eigenvalue weighted by Gasteiger charge is -2.05. The van der Waals surface area contributed by atoms with Crippen molar-refractivity contribution in [1.82, 2.24) is 9.97 Å². The Kier molecular flexibility index (Phi) is 2.52. The molecule has 0 aliphatic heterocycles. The first kappa shape index (κ1) is 10.5. The quantitative estimate of drug-likeness (QED) is 0.728. The van der Waals surface area contributed by atoms with Crippen molar-refractivity contribution >= 4 is 17.3 Å². The number of anilines is 3. The summed E-state index contributed by atoms with van der Waals surface area (Å²) >= 11 is 0. The second kappa shape index (κ2) is 3.84. The number of benzene rings is 1. The first-order valence-electron chi connectivity index (χ1n) is 4.91. The Balaban J connectivity index is 2.27. The molecule has 0 spiro atoms. The largest absolute Gasteiger partial charge is 0.382 e. The lowest BCUT2D eigenvalue weighted by molar-refractivity contribution is 0.619. The van der Waals surface area contributed by atoms with Crippen LogP contribution in [-0.2, 0) is 0 Å². The Labute approximate surface area is 92.7 Å². The van der Waals surface area contributed by atoms with Gasteiger partial charge >= 0.3 is 0 Å². The van der Waals surface area contributed by atoms with Crippen molar-refractivity contribution in [1.29, 1.82) is 0 Å². The van der Waals surface area contributed by atoms with Crippen LogP contribution in [0.4, 0.5) is 21.7 Å². The van der Waals surface area contributed by atoms with Gasteiger partial charge in [0.25, 0.3) is 0 Å². The molecule has 4 N–H and O–H groups in total. The maximum atomic E-state index is 13.0. The third kappa shape index (κ3) is 1.98. The first-order chi connectivity index (χ1) is 7.56. The van der Waals surface area contributed by atoms with E-state index in [-0.39, 0.29) is 5.82 Å². The Hall–Kier alpha value is -2.04. The highest BCUT2D eigenvalue weighted by Gasteiger charge is 2.05. The van der Waals surface area contributed by atoms with Crippen molar-refractivity contribution < 1.29 is 4.39 Å². The number of halogens is 1. The predicted octanol–water partition coefficient (Wildman–Crippen LogP) is 2.49. The van der Waals surface area contributed by atoms with Gasteiger partial charge in [0, 0.05) is 5.69 Å². The van der Waals surface area contributed by atoms with Crippen LogP contribution < -0.4 is 11.1 Å². The molecule has 2 aromatic rings. The molecule has 0 fully saturated rings. The first-order valence-corrected chi connectivity index (χ1v) is 4.91. The monoisotopic (exact) mass is 220 g/mol. The third-order valence-electron chi connectivity index (χ3n) is 2.27. The lowest BCUT2D eigenvalue weighted by Crippen LogP contribution is -1.96. The molecule has 0 bridgehead atoms. The number of H-pyrrole nitrogens is 1. The zero-order valence-corrected chi connectivity index (χ0v) is 9.13.